The summed E-state index contributed by atoms with van der Waals surface area (Å²) in [5.41, 5.74) is 0. The molecule has 126 valence electrons. The van der Waals surface area contributed by atoms with Crippen LogP contribution in [-0.2, 0) is 4.79 Å². The zero-order valence-electron chi connectivity index (χ0n) is 14.6. The van der Waals surface area contributed by atoms with Crippen LogP contribution in [0.25, 0.3) is 0 Å². The predicted octanol–water partition coefficient (Wildman–Crippen LogP) is 7.14. The molecule has 0 saturated carbocycles. The van der Waals surface area contributed by atoms with Crippen LogP contribution < -0.4 is 0 Å². The van der Waals surface area contributed by atoms with Crippen LogP contribution in [0.3, 0.4) is 0 Å². The molecule has 0 N–H and O–H groups in total. The third-order valence-corrected chi connectivity index (χ3v) is 5.09. The third-order valence-electron chi connectivity index (χ3n) is 3.95. The number of hydrogen-bond donors (Lipinski definition) is 0. The van der Waals surface area contributed by atoms with E-state index in [0.29, 0.717) is 5.12 Å². The molecule has 0 aromatic rings. The van der Waals surface area contributed by atoms with Gasteiger partial charge in [0.2, 0.25) is 0 Å². The normalized spacial score (nSPS) is 11.0. The molecule has 1 nitrogen and oxygen atoms in total. The fraction of sp³-hybridized carbons (Fsp3) is 0.947. The van der Waals surface area contributed by atoms with Crippen molar-refractivity contribution in [1.29, 1.82) is 0 Å². The Morgan fingerprint density at radius 2 is 1.05 bits per heavy atom. The highest BCUT2D eigenvalue weighted by Gasteiger charge is 2.01. The summed E-state index contributed by atoms with van der Waals surface area (Å²) in [6, 6.07) is 0. The lowest BCUT2D eigenvalue weighted by Gasteiger charge is -2.03. The van der Waals surface area contributed by atoms with Crippen molar-refractivity contribution in [3.05, 3.63) is 0 Å². The summed E-state index contributed by atoms with van der Waals surface area (Å²) in [5.74, 6) is 0.997. The lowest BCUT2D eigenvalue weighted by atomic mass is 10.0. The summed E-state index contributed by atoms with van der Waals surface area (Å²) in [6.45, 7) is 4.41. The van der Waals surface area contributed by atoms with Crippen molar-refractivity contribution in [3.63, 3.8) is 0 Å². The van der Waals surface area contributed by atoms with Gasteiger partial charge in [-0.3, -0.25) is 4.79 Å². The predicted molar refractivity (Wildman–Crippen MR) is 98.1 cm³/mol. The van der Waals surface area contributed by atoms with E-state index in [1.807, 2.05) is 0 Å². The number of rotatable bonds is 16. The maximum absolute atomic E-state index is 11.5. The second kappa shape index (κ2) is 18.1. The standard InChI is InChI=1S/C19H38OS/c1-3-5-6-7-8-9-10-11-12-13-14-15-16-17-19(20)21-18-4-2/h3-18H2,1-2H3. The largest absolute Gasteiger partial charge is 0.287 e. The molecule has 0 radical (unpaired) electrons. The molecular weight excluding hydrogens is 276 g/mol. The minimum Gasteiger partial charge on any atom is -0.287 e. The summed E-state index contributed by atoms with van der Waals surface area (Å²) < 4.78 is 0. The summed E-state index contributed by atoms with van der Waals surface area (Å²) >= 11 is 1.52. The second-order valence-corrected chi connectivity index (χ2v) is 7.37. The van der Waals surface area contributed by atoms with Crippen molar-refractivity contribution in [2.75, 3.05) is 5.75 Å². The third kappa shape index (κ3) is 18.0. The zero-order chi connectivity index (χ0) is 15.6. The molecular formula is C19H38OS. The quantitative estimate of drug-likeness (QED) is 0.282. The minimum atomic E-state index is 0.403. The zero-order valence-corrected chi connectivity index (χ0v) is 15.4. The number of hydrogen-bond acceptors (Lipinski definition) is 2. The highest BCUT2D eigenvalue weighted by atomic mass is 32.2. The first kappa shape index (κ1) is 21.0. The van der Waals surface area contributed by atoms with Gasteiger partial charge in [-0.05, 0) is 12.8 Å². The van der Waals surface area contributed by atoms with Crippen LogP contribution in [0.2, 0.25) is 0 Å². The SMILES string of the molecule is CCCCCCCCCCCCCCCC(=O)SCCC. The lowest BCUT2D eigenvalue weighted by molar-refractivity contribution is -0.111. The van der Waals surface area contributed by atoms with Gasteiger partial charge in [0.05, 0.1) is 0 Å². The van der Waals surface area contributed by atoms with Gasteiger partial charge in [0.1, 0.15) is 0 Å². The first-order chi connectivity index (χ1) is 10.3. The fourth-order valence-corrected chi connectivity index (χ4v) is 3.30. The molecule has 0 aromatic carbocycles. The maximum Gasteiger partial charge on any atom is 0.188 e. The number of carbonyl (C=O) groups is 1. The van der Waals surface area contributed by atoms with E-state index in [1.165, 1.54) is 88.8 Å². The summed E-state index contributed by atoms with van der Waals surface area (Å²) in [7, 11) is 0. The molecule has 0 bridgehead atoms. The Bertz CT molecular complexity index is 216. The smallest absolute Gasteiger partial charge is 0.188 e. The number of thioether (sulfide) groups is 1. The van der Waals surface area contributed by atoms with Crippen molar-refractivity contribution in [2.24, 2.45) is 0 Å². The highest BCUT2D eigenvalue weighted by Crippen LogP contribution is 2.14. The van der Waals surface area contributed by atoms with Crippen LogP contribution in [0.5, 0.6) is 0 Å². The van der Waals surface area contributed by atoms with Crippen LogP contribution in [0.1, 0.15) is 110 Å². The Balaban J connectivity index is 3.04. The summed E-state index contributed by atoms with van der Waals surface area (Å²) in [4.78, 5) is 11.5. The second-order valence-electron chi connectivity index (χ2n) is 6.21. The summed E-state index contributed by atoms with van der Waals surface area (Å²) in [5, 5.41) is 0.403. The lowest BCUT2D eigenvalue weighted by Crippen LogP contribution is -1.93. The molecule has 21 heavy (non-hydrogen) atoms. The Labute approximate surface area is 138 Å². The molecule has 0 fully saturated rings. The van der Waals surface area contributed by atoms with Gasteiger partial charge in [-0.2, -0.15) is 0 Å². The van der Waals surface area contributed by atoms with E-state index >= 15 is 0 Å². The van der Waals surface area contributed by atoms with Gasteiger partial charge in [0.25, 0.3) is 0 Å². The Hall–Kier alpha value is 0.0200. The topological polar surface area (TPSA) is 17.1 Å². The molecule has 0 aliphatic heterocycles. The minimum absolute atomic E-state index is 0.403. The molecule has 2 heteroatoms. The van der Waals surface area contributed by atoms with E-state index in [2.05, 4.69) is 13.8 Å². The Morgan fingerprint density at radius 1 is 0.619 bits per heavy atom. The molecule has 0 aliphatic rings. The van der Waals surface area contributed by atoms with Crippen LogP contribution in [-0.4, -0.2) is 10.9 Å². The number of carbonyl (C=O) groups excluding carboxylic acids is 1. The van der Waals surface area contributed by atoms with Crippen LogP contribution in [0.15, 0.2) is 0 Å². The number of unbranched alkanes of at least 4 members (excludes halogenated alkanes) is 12. The van der Waals surface area contributed by atoms with Crippen LogP contribution in [0, 0.1) is 0 Å². The van der Waals surface area contributed by atoms with Crippen LogP contribution in [0.4, 0.5) is 0 Å². The maximum atomic E-state index is 11.5. The van der Waals surface area contributed by atoms with Gasteiger partial charge in [0, 0.05) is 12.2 Å². The van der Waals surface area contributed by atoms with Gasteiger partial charge in [-0.15, -0.1) is 0 Å². The van der Waals surface area contributed by atoms with E-state index < -0.39 is 0 Å². The molecule has 0 amide bonds. The molecule has 0 unspecified atom stereocenters. The van der Waals surface area contributed by atoms with E-state index in [4.69, 9.17) is 0 Å². The van der Waals surface area contributed by atoms with Gasteiger partial charge in [-0.25, -0.2) is 0 Å². The molecule has 0 heterocycles. The van der Waals surface area contributed by atoms with Gasteiger partial charge >= 0.3 is 0 Å². The van der Waals surface area contributed by atoms with E-state index in [-0.39, 0.29) is 0 Å². The van der Waals surface area contributed by atoms with Gasteiger partial charge < -0.3 is 0 Å². The molecule has 0 aliphatic carbocycles. The van der Waals surface area contributed by atoms with Crippen molar-refractivity contribution in [2.45, 2.75) is 110 Å². The average Bonchev–Trinajstić information content (AvgIpc) is 2.49. The molecule has 0 atom stereocenters. The van der Waals surface area contributed by atoms with Gasteiger partial charge in [0.15, 0.2) is 5.12 Å². The molecule has 0 saturated heterocycles. The first-order valence-electron chi connectivity index (χ1n) is 9.46. The molecule has 0 spiro atoms. The van der Waals surface area contributed by atoms with E-state index in [9.17, 15) is 4.79 Å². The highest BCUT2D eigenvalue weighted by molar-refractivity contribution is 8.13. The average molecular weight is 315 g/mol. The van der Waals surface area contributed by atoms with Crippen molar-refractivity contribution >= 4 is 16.9 Å². The van der Waals surface area contributed by atoms with Crippen molar-refractivity contribution in [1.82, 2.24) is 0 Å². The Morgan fingerprint density at radius 3 is 1.48 bits per heavy atom. The monoisotopic (exact) mass is 314 g/mol. The summed E-state index contributed by atoms with van der Waals surface area (Å²) in [6.07, 6.45) is 19.7. The Kier molecular flexibility index (Phi) is 18.1. The fourth-order valence-electron chi connectivity index (χ4n) is 2.58. The molecule has 0 rings (SSSR count). The first-order valence-corrected chi connectivity index (χ1v) is 10.5. The van der Waals surface area contributed by atoms with E-state index in [0.717, 1.165) is 25.0 Å². The van der Waals surface area contributed by atoms with Crippen LogP contribution >= 0.6 is 11.8 Å². The van der Waals surface area contributed by atoms with Crippen molar-refractivity contribution < 1.29 is 4.79 Å². The molecule has 0 aromatic heterocycles. The van der Waals surface area contributed by atoms with Crippen molar-refractivity contribution in [3.8, 4) is 0 Å². The van der Waals surface area contributed by atoms with Gasteiger partial charge in [-0.1, -0.05) is 103 Å². The van der Waals surface area contributed by atoms with E-state index in [1.54, 1.807) is 0 Å².